The van der Waals surface area contributed by atoms with Gasteiger partial charge in [0, 0.05) is 0 Å². The molecule has 0 amide bonds. The summed E-state index contributed by atoms with van der Waals surface area (Å²) < 4.78 is 0. The van der Waals surface area contributed by atoms with Crippen LogP contribution in [0.2, 0.25) is 0 Å². The Bertz CT molecular complexity index is 571. The van der Waals surface area contributed by atoms with E-state index in [1.54, 1.807) is 0 Å². The van der Waals surface area contributed by atoms with E-state index >= 15 is 0 Å². The second-order valence-electron chi connectivity index (χ2n) is 2.63. The van der Waals surface area contributed by atoms with E-state index in [4.69, 9.17) is 0 Å². The van der Waals surface area contributed by atoms with Crippen molar-refractivity contribution < 1.29 is 16.5 Å². The van der Waals surface area contributed by atoms with Crippen molar-refractivity contribution in [3.63, 3.8) is 0 Å². The van der Waals surface area contributed by atoms with E-state index in [1.165, 1.54) is 0 Å². The van der Waals surface area contributed by atoms with E-state index in [9.17, 15) is 19.2 Å². The molecule has 0 aliphatic rings. The molecule has 0 N–H and O–H groups in total. The van der Waals surface area contributed by atoms with Crippen LogP contribution >= 0.6 is 0 Å². The first-order valence-corrected chi connectivity index (χ1v) is 5.27. The summed E-state index contributed by atoms with van der Waals surface area (Å²) in [6.07, 6.45) is 0. The van der Waals surface area contributed by atoms with Gasteiger partial charge in [-0.05, 0) is 0 Å². The molecule has 0 fully saturated rings. The first kappa shape index (κ1) is 16.5. The first-order chi connectivity index (χ1) is 7.29. The summed E-state index contributed by atoms with van der Waals surface area (Å²) >= 11 is 17.6. The Kier molecular flexibility index (Phi) is 5.76. The van der Waals surface area contributed by atoms with E-state index in [0.717, 1.165) is 0 Å². The first-order valence-electron chi connectivity index (χ1n) is 3.63. The van der Waals surface area contributed by atoms with E-state index in [1.807, 2.05) is 0 Å². The predicted octanol–water partition coefficient (Wildman–Crippen LogP) is -1.81. The molecule has 0 aliphatic carbocycles. The SMILES string of the molecule is O=c1c([S-])c([S-])c1=O.O=c1c([S-])c([S-])c1=O.[Ni+2]. The summed E-state index contributed by atoms with van der Waals surface area (Å²) in [6.45, 7) is 0. The van der Waals surface area contributed by atoms with Crippen molar-refractivity contribution in [1.29, 1.82) is 0 Å². The molecular weight excluding hydrogens is 347 g/mol. The van der Waals surface area contributed by atoms with Gasteiger partial charge in [-0.15, -0.1) is 19.6 Å². The molecule has 2 aromatic rings. The van der Waals surface area contributed by atoms with Crippen LogP contribution in [0.3, 0.4) is 0 Å². The van der Waals surface area contributed by atoms with Gasteiger partial charge in [-0.1, -0.05) is 0 Å². The number of hydrogen-bond donors (Lipinski definition) is 0. The number of rotatable bonds is 0. The van der Waals surface area contributed by atoms with Crippen molar-refractivity contribution in [2.45, 2.75) is 19.6 Å². The predicted molar refractivity (Wildman–Crippen MR) is 65.2 cm³/mol. The molecule has 0 aromatic heterocycles. The molecule has 0 atom stereocenters. The molecule has 0 heterocycles. The third-order valence-electron chi connectivity index (χ3n) is 1.65. The maximum Gasteiger partial charge on any atom is 2.00 e. The topological polar surface area (TPSA) is 68.3 Å². The van der Waals surface area contributed by atoms with Crippen molar-refractivity contribution >= 4 is 50.5 Å². The van der Waals surface area contributed by atoms with Crippen LogP contribution in [-0.2, 0) is 67.0 Å². The fourth-order valence-corrected chi connectivity index (χ4v) is 1.44. The quantitative estimate of drug-likeness (QED) is 0.314. The Morgan fingerprint density at radius 2 is 0.588 bits per heavy atom. The molecule has 2 rings (SSSR count). The molecule has 4 nitrogen and oxygen atoms in total. The van der Waals surface area contributed by atoms with Gasteiger partial charge >= 0.3 is 16.5 Å². The van der Waals surface area contributed by atoms with Crippen LogP contribution in [0.1, 0.15) is 0 Å². The maximum absolute atomic E-state index is 10.2. The monoisotopic (exact) mass is 346 g/mol. The summed E-state index contributed by atoms with van der Waals surface area (Å²) in [4.78, 5) is 40.8. The van der Waals surface area contributed by atoms with Crippen molar-refractivity contribution in [3.05, 3.63) is 40.9 Å². The molecule has 17 heavy (non-hydrogen) atoms. The fourth-order valence-electron chi connectivity index (χ4n) is 0.700. The summed E-state index contributed by atoms with van der Waals surface area (Å²) in [7, 11) is 0. The van der Waals surface area contributed by atoms with E-state index in [-0.39, 0.29) is 36.1 Å². The Morgan fingerprint density at radius 3 is 0.647 bits per heavy atom. The third kappa shape index (κ3) is 2.86. The Hall–Kier alpha value is -0.466. The van der Waals surface area contributed by atoms with Crippen LogP contribution < -0.4 is 21.7 Å². The van der Waals surface area contributed by atoms with Crippen LogP contribution in [-0.4, -0.2) is 0 Å². The van der Waals surface area contributed by atoms with Gasteiger partial charge in [0.15, 0.2) is 0 Å². The van der Waals surface area contributed by atoms with E-state index in [0.29, 0.717) is 0 Å². The molecule has 0 saturated carbocycles. The molecule has 9 heteroatoms. The van der Waals surface area contributed by atoms with Gasteiger partial charge in [-0.25, -0.2) is 0 Å². The molecule has 0 unspecified atom stereocenters. The minimum Gasteiger partial charge on any atom is -0.777 e. The van der Waals surface area contributed by atoms with Gasteiger partial charge in [-0.3, -0.25) is 19.2 Å². The Morgan fingerprint density at radius 1 is 0.471 bits per heavy atom. The van der Waals surface area contributed by atoms with Gasteiger partial charge < -0.3 is 50.5 Å². The van der Waals surface area contributed by atoms with Gasteiger partial charge in [0.05, 0.1) is 0 Å². The van der Waals surface area contributed by atoms with Crippen molar-refractivity contribution in [1.82, 2.24) is 0 Å². The fraction of sp³-hybridized carbons (Fsp3) is 0. The second kappa shape index (κ2) is 5.92. The van der Waals surface area contributed by atoms with Crippen LogP contribution in [0.4, 0.5) is 0 Å². The Labute approximate surface area is 127 Å². The van der Waals surface area contributed by atoms with Crippen LogP contribution in [0.5, 0.6) is 0 Å². The zero-order valence-corrected chi connectivity index (χ0v) is 11.8. The van der Waals surface area contributed by atoms with E-state index in [2.05, 4.69) is 50.5 Å². The molecule has 0 spiro atoms. The average molecular weight is 347 g/mol. The van der Waals surface area contributed by atoms with Crippen molar-refractivity contribution in [2.75, 3.05) is 0 Å². The van der Waals surface area contributed by atoms with Crippen molar-refractivity contribution in [3.8, 4) is 0 Å². The normalized spacial score (nSPS) is 9.41. The van der Waals surface area contributed by atoms with Gasteiger partial charge in [0.2, 0.25) is 21.7 Å². The standard InChI is InChI=1S/2C4H2O2S2.Ni/c2*5-1-2(6)4(8)3(1)7;/h2*7-8H;/q;;+2/p-4. The van der Waals surface area contributed by atoms with Crippen LogP contribution in [0.15, 0.2) is 38.8 Å². The summed E-state index contributed by atoms with van der Waals surface area (Å²) in [5.41, 5.74) is -2.43. The molecule has 0 aliphatic heterocycles. The zero-order chi connectivity index (χ0) is 12.6. The average Bonchev–Trinajstić information content (AvgIpc) is 2.34. The summed E-state index contributed by atoms with van der Waals surface area (Å²) in [5.74, 6) is 0. The number of hydrogen-bond acceptors (Lipinski definition) is 8. The second-order valence-corrected chi connectivity index (χ2v) is 4.27. The minimum atomic E-state index is -0.606. The largest absolute Gasteiger partial charge is 2.00 e. The van der Waals surface area contributed by atoms with Gasteiger partial charge in [0.1, 0.15) is 0 Å². The molecule has 92 valence electrons. The molecule has 0 bridgehead atoms. The molecule has 0 saturated heterocycles. The third-order valence-corrected chi connectivity index (χ3v) is 3.47. The van der Waals surface area contributed by atoms with Crippen LogP contribution in [0, 0.1) is 0 Å². The van der Waals surface area contributed by atoms with Crippen LogP contribution in [0.25, 0.3) is 0 Å². The van der Waals surface area contributed by atoms with Gasteiger partial charge in [0.25, 0.3) is 0 Å². The van der Waals surface area contributed by atoms with Gasteiger partial charge in [-0.2, -0.15) is 0 Å². The van der Waals surface area contributed by atoms with Crippen molar-refractivity contribution in [2.24, 2.45) is 0 Å². The Balaban J connectivity index is 0.000000284. The van der Waals surface area contributed by atoms with E-state index < -0.39 is 21.7 Å². The summed E-state index contributed by atoms with van der Waals surface area (Å²) in [5, 5.41) is 0. The molecule has 0 radical (unpaired) electrons. The maximum atomic E-state index is 10.2. The zero-order valence-electron chi connectivity index (χ0n) is 7.58. The minimum absolute atomic E-state index is 0. The molecule has 2 aromatic carbocycles. The summed E-state index contributed by atoms with van der Waals surface area (Å²) in [6, 6.07) is 0. The molecular formula is C8NiO4S4-2. The smallest absolute Gasteiger partial charge is 0.777 e.